The summed E-state index contributed by atoms with van der Waals surface area (Å²) in [5.41, 5.74) is 0.394. The van der Waals surface area contributed by atoms with Crippen molar-refractivity contribution in [1.82, 2.24) is 15.2 Å². The van der Waals surface area contributed by atoms with E-state index in [1.807, 2.05) is 27.7 Å². The SMILES string of the molecule is CC1CNC(c2cc(Cl)nc(Cl)c2)CN1C(=O)OC(C)(C)C. The lowest BCUT2D eigenvalue weighted by atomic mass is 10.0. The lowest BCUT2D eigenvalue weighted by molar-refractivity contribution is 0.00958. The van der Waals surface area contributed by atoms with Crippen LogP contribution in [0.1, 0.15) is 39.3 Å². The van der Waals surface area contributed by atoms with E-state index >= 15 is 0 Å². The van der Waals surface area contributed by atoms with E-state index in [-0.39, 0.29) is 18.2 Å². The predicted molar refractivity (Wildman–Crippen MR) is 87.4 cm³/mol. The number of carbonyl (C=O) groups excluding carboxylic acids is 1. The van der Waals surface area contributed by atoms with Gasteiger partial charge in [-0.15, -0.1) is 0 Å². The third-order valence-corrected chi connectivity index (χ3v) is 3.77. The molecule has 1 aromatic heterocycles. The number of carbonyl (C=O) groups is 1. The number of nitrogens with zero attached hydrogens (tertiary/aromatic N) is 2. The second kappa shape index (κ2) is 6.60. The van der Waals surface area contributed by atoms with Crippen molar-refractivity contribution in [2.45, 2.75) is 45.4 Å². The van der Waals surface area contributed by atoms with E-state index in [4.69, 9.17) is 27.9 Å². The fourth-order valence-corrected chi connectivity index (χ4v) is 2.82. The summed E-state index contributed by atoms with van der Waals surface area (Å²) in [4.78, 5) is 18.0. The first kappa shape index (κ1) is 17.3. The first-order valence-electron chi connectivity index (χ1n) is 7.22. The molecule has 0 aromatic carbocycles. The van der Waals surface area contributed by atoms with Gasteiger partial charge in [0.05, 0.1) is 6.04 Å². The van der Waals surface area contributed by atoms with Crippen LogP contribution in [0.3, 0.4) is 0 Å². The summed E-state index contributed by atoms with van der Waals surface area (Å²) in [7, 11) is 0. The van der Waals surface area contributed by atoms with Gasteiger partial charge in [0.25, 0.3) is 0 Å². The number of nitrogens with one attached hydrogen (secondary N) is 1. The molecule has 122 valence electrons. The quantitative estimate of drug-likeness (QED) is 0.789. The van der Waals surface area contributed by atoms with Crippen LogP contribution < -0.4 is 5.32 Å². The van der Waals surface area contributed by atoms with Gasteiger partial charge in [-0.25, -0.2) is 9.78 Å². The van der Waals surface area contributed by atoms with E-state index in [0.29, 0.717) is 23.4 Å². The van der Waals surface area contributed by atoms with E-state index in [0.717, 1.165) is 5.56 Å². The molecule has 1 N–H and O–H groups in total. The van der Waals surface area contributed by atoms with Crippen molar-refractivity contribution < 1.29 is 9.53 Å². The van der Waals surface area contributed by atoms with E-state index < -0.39 is 5.60 Å². The molecule has 5 nitrogen and oxygen atoms in total. The van der Waals surface area contributed by atoms with Crippen molar-refractivity contribution in [1.29, 1.82) is 0 Å². The van der Waals surface area contributed by atoms with Crippen molar-refractivity contribution >= 4 is 29.3 Å². The summed E-state index contributed by atoms with van der Waals surface area (Å²) in [6.07, 6.45) is -0.308. The Bertz CT molecular complexity index is 540. The minimum atomic E-state index is -0.513. The van der Waals surface area contributed by atoms with Gasteiger partial charge in [-0.2, -0.15) is 0 Å². The van der Waals surface area contributed by atoms with Gasteiger partial charge in [0.2, 0.25) is 0 Å². The molecule has 1 fully saturated rings. The predicted octanol–water partition coefficient (Wildman–Crippen LogP) is 3.66. The lowest BCUT2D eigenvalue weighted by Crippen LogP contribution is -2.54. The Hall–Kier alpha value is -1.04. The molecule has 7 heteroatoms. The number of halogens is 2. The van der Waals surface area contributed by atoms with Crippen molar-refractivity contribution in [3.63, 3.8) is 0 Å². The molecule has 0 bridgehead atoms. The van der Waals surface area contributed by atoms with Crippen LogP contribution in [0.4, 0.5) is 4.79 Å². The molecule has 1 aliphatic rings. The van der Waals surface area contributed by atoms with Gasteiger partial charge >= 0.3 is 6.09 Å². The highest BCUT2D eigenvalue weighted by Gasteiger charge is 2.32. The van der Waals surface area contributed by atoms with Crippen LogP contribution in [0.5, 0.6) is 0 Å². The molecule has 2 rings (SSSR count). The van der Waals surface area contributed by atoms with Gasteiger partial charge < -0.3 is 15.0 Å². The summed E-state index contributed by atoms with van der Waals surface area (Å²) in [5, 5.41) is 4.07. The van der Waals surface area contributed by atoms with E-state index in [1.165, 1.54) is 0 Å². The van der Waals surface area contributed by atoms with Crippen LogP contribution in [-0.4, -0.2) is 40.7 Å². The maximum absolute atomic E-state index is 12.3. The number of hydrogen-bond donors (Lipinski definition) is 1. The second-order valence-corrected chi connectivity index (χ2v) is 7.26. The number of aromatic nitrogens is 1. The van der Waals surface area contributed by atoms with E-state index in [9.17, 15) is 4.79 Å². The zero-order valence-corrected chi connectivity index (χ0v) is 14.7. The highest BCUT2D eigenvalue weighted by molar-refractivity contribution is 6.32. The normalized spacial score (nSPS) is 22.5. The van der Waals surface area contributed by atoms with Gasteiger partial charge in [0.1, 0.15) is 15.9 Å². The Morgan fingerprint density at radius 1 is 1.36 bits per heavy atom. The first-order chi connectivity index (χ1) is 10.2. The van der Waals surface area contributed by atoms with Crippen molar-refractivity contribution in [2.24, 2.45) is 0 Å². The van der Waals surface area contributed by atoms with Crippen LogP contribution in [0.2, 0.25) is 10.3 Å². The van der Waals surface area contributed by atoms with Gasteiger partial charge in [-0.3, -0.25) is 0 Å². The molecule has 0 radical (unpaired) electrons. The zero-order valence-electron chi connectivity index (χ0n) is 13.2. The molecular weight excluding hydrogens is 325 g/mol. The molecule has 2 unspecified atom stereocenters. The summed E-state index contributed by atoms with van der Waals surface area (Å²) in [6, 6.07) is 3.52. The summed E-state index contributed by atoms with van der Waals surface area (Å²) in [6.45, 7) is 8.72. The van der Waals surface area contributed by atoms with Gasteiger partial charge in [-0.05, 0) is 45.4 Å². The van der Waals surface area contributed by atoms with Crippen molar-refractivity contribution in [3.8, 4) is 0 Å². The summed E-state index contributed by atoms with van der Waals surface area (Å²) in [5.74, 6) is 0. The number of hydrogen-bond acceptors (Lipinski definition) is 4. The largest absolute Gasteiger partial charge is 0.444 e. The molecule has 1 aromatic rings. The van der Waals surface area contributed by atoms with Crippen LogP contribution in [0, 0.1) is 0 Å². The van der Waals surface area contributed by atoms with Crippen LogP contribution in [-0.2, 0) is 4.74 Å². The van der Waals surface area contributed by atoms with Crippen LogP contribution in [0.25, 0.3) is 0 Å². The van der Waals surface area contributed by atoms with Crippen LogP contribution in [0.15, 0.2) is 12.1 Å². The Balaban J connectivity index is 2.15. The van der Waals surface area contributed by atoms with Crippen molar-refractivity contribution in [3.05, 3.63) is 28.0 Å². The Labute approximate surface area is 140 Å². The smallest absolute Gasteiger partial charge is 0.410 e. The molecular formula is C15H21Cl2N3O2. The molecule has 0 spiro atoms. The number of piperazine rings is 1. The van der Waals surface area contributed by atoms with Gasteiger partial charge in [0.15, 0.2) is 0 Å². The number of pyridine rings is 1. The third kappa shape index (κ3) is 4.48. The Kier molecular flexibility index (Phi) is 5.20. The Morgan fingerprint density at radius 3 is 2.50 bits per heavy atom. The van der Waals surface area contributed by atoms with E-state index in [1.54, 1.807) is 17.0 Å². The maximum atomic E-state index is 12.3. The van der Waals surface area contributed by atoms with Crippen molar-refractivity contribution in [2.75, 3.05) is 13.1 Å². The summed E-state index contributed by atoms with van der Waals surface area (Å²) < 4.78 is 5.47. The molecule has 1 amide bonds. The van der Waals surface area contributed by atoms with E-state index in [2.05, 4.69) is 10.3 Å². The molecule has 0 saturated carbocycles. The molecule has 2 atom stereocenters. The molecule has 1 aliphatic heterocycles. The minimum Gasteiger partial charge on any atom is -0.444 e. The molecule has 1 saturated heterocycles. The lowest BCUT2D eigenvalue weighted by Gasteiger charge is -2.39. The highest BCUT2D eigenvalue weighted by Crippen LogP contribution is 2.25. The molecule has 2 heterocycles. The summed E-state index contributed by atoms with van der Waals surface area (Å²) >= 11 is 11.9. The third-order valence-electron chi connectivity index (χ3n) is 3.39. The second-order valence-electron chi connectivity index (χ2n) is 6.49. The van der Waals surface area contributed by atoms with Crippen LogP contribution >= 0.6 is 23.2 Å². The topological polar surface area (TPSA) is 54.5 Å². The number of rotatable bonds is 1. The minimum absolute atomic E-state index is 0.0540. The van der Waals surface area contributed by atoms with Gasteiger partial charge in [0, 0.05) is 19.1 Å². The maximum Gasteiger partial charge on any atom is 0.410 e. The number of ether oxygens (including phenoxy) is 1. The standard InChI is InChI=1S/C15H21Cl2N3O2/c1-9-7-18-11(10-5-12(16)19-13(17)6-10)8-20(9)14(21)22-15(2,3)4/h5-6,9,11,18H,7-8H2,1-4H3. The number of amides is 1. The first-order valence-corrected chi connectivity index (χ1v) is 7.97. The average molecular weight is 346 g/mol. The fraction of sp³-hybridized carbons (Fsp3) is 0.600. The monoisotopic (exact) mass is 345 g/mol. The zero-order chi connectivity index (χ0) is 16.5. The molecule has 0 aliphatic carbocycles. The fourth-order valence-electron chi connectivity index (χ4n) is 2.35. The van der Waals surface area contributed by atoms with Gasteiger partial charge in [-0.1, -0.05) is 23.2 Å². The highest BCUT2D eigenvalue weighted by atomic mass is 35.5. The Morgan fingerprint density at radius 2 is 1.95 bits per heavy atom. The average Bonchev–Trinajstić information content (AvgIpc) is 2.35. The molecule has 22 heavy (non-hydrogen) atoms.